The van der Waals surface area contributed by atoms with Gasteiger partial charge in [-0.15, -0.1) is 0 Å². The molecule has 14 aromatic rings. The minimum atomic E-state index is 0.793. The fourth-order valence-electron chi connectivity index (χ4n) is 11.0. The van der Waals surface area contributed by atoms with Gasteiger partial charge in [-0.2, -0.15) is 0 Å². The highest BCUT2D eigenvalue weighted by atomic mass is 16.3. The summed E-state index contributed by atoms with van der Waals surface area (Å²) in [7, 11) is 0. The zero-order valence-electron chi connectivity index (χ0n) is 39.1. The molecule has 71 heavy (non-hydrogen) atoms. The second-order valence-corrected chi connectivity index (χ2v) is 18.6. The van der Waals surface area contributed by atoms with Crippen LogP contribution >= 0.6 is 0 Å². The molecule has 0 amide bonds. The van der Waals surface area contributed by atoms with E-state index in [9.17, 15) is 0 Å². The molecular weight excluding hydrogens is 869 g/mol. The summed E-state index contributed by atoms with van der Waals surface area (Å²) < 4.78 is 21.1. The van der Waals surface area contributed by atoms with Crippen molar-refractivity contribution in [2.24, 2.45) is 0 Å². The van der Waals surface area contributed by atoms with E-state index in [1.807, 2.05) is 12.1 Å². The van der Waals surface area contributed by atoms with Gasteiger partial charge in [-0.3, -0.25) is 0 Å². The van der Waals surface area contributed by atoms with E-state index in [2.05, 4.69) is 242 Å². The first kappa shape index (κ1) is 40.7. The van der Waals surface area contributed by atoms with Crippen molar-refractivity contribution >= 4 is 111 Å². The van der Waals surface area contributed by atoms with E-state index in [1.54, 1.807) is 0 Å². The number of furan rings is 3. The molecule has 0 saturated carbocycles. The Morgan fingerprint density at radius 1 is 0.282 bits per heavy atom. The molecule has 5 heteroatoms. The predicted octanol–water partition coefficient (Wildman–Crippen LogP) is 19.4. The van der Waals surface area contributed by atoms with Crippen molar-refractivity contribution < 1.29 is 13.3 Å². The maximum atomic E-state index is 7.08. The Bertz CT molecular complexity index is 4390. The van der Waals surface area contributed by atoms with E-state index < -0.39 is 0 Å². The van der Waals surface area contributed by atoms with E-state index in [-0.39, 0.29) is 0 Å². The molecule has 0 saturated heterocycles. The molecule has 0 bridgehead atoms. The topological polar surface area (TPSA) is 45.9 Å². The summed E-state index contributed by atoms with van der Waals surface area (Å²) in [4.78, 5) is 4.67. The fourth-order valence-corrected chi connectivity index (χ4v) is 11.0. The van der Waals surface area contributed by atoms with Gasteiger partial charge < -0.3 is 23.1 Å². The first-order valence-corrected chi connectivity index (χ1v) is 24.1. The third kappa shape index (κ3) is 6.54. The number of hydrogen-bond acceptors (Lipinski definition) is 5. The van der Waals surface area contributed by atoms with Crippen molar-refractivity contribution in [1.29, 1.82) is 0 Å². The molecule has 14 rings (SSSR count). The molecule has 0 spiro atoms. The predicted molar refractivity (Wildman–Crippen MR) is 295 cm³/mol. The molecule has 11 aromatic carbocycles. The largest absolute Gasteiger partial charge is 0.456 e. The van der Waals surface area contributed by atoms with Crippen LogP contribution in [0.2, 0.25) is 0 Å². The number of hydrogen-bond donors (Lipinski definition) is 0. The maximum absolute atomic E-state index is 7.08. The molecule has 0 atom stereocenters. The maximum Gasteiger partial charge on any atom is 0.159 e. The van der Waals surface area contributed by atoms with Crippen LogP contribution < -0.4 is 9.80 Å². The number of para-hydroxylation sites is 4. The molecule has 0 aliphatic heterocycles. The third-order valence-corrected chi connectivity index (χ3v) is 14.1. The Morgan fingerprint density at radius 3 is 1.32 bits per heavy atom. The molecule has 3 heterocycles. The lowest BCUT2D eigenvalue weighted by molar-refractivity contribution is 0.668. The number of rotatable bonds is 8. The van der Waals surface area contributed by atoms with Crippen molar-refractivity contribution in [2.75, 3.05) is 9.80 Å². The van der Waals surface area contributed by atoms with Crippen LogP contribution in [-0.2, 0) is 0 Å². The van der Waals surface area contributed by atoms with Crippen LogP contribution in [0.5, 0.6) is 0 Å². The molecule has 0 N–H and O–H groups in total. The molecule has 336 valence electrons. The van der Waals surface area contributed by atoms with Gasteiger partial charge in [-0.05, 0) is 96.1 Å². The van der Waals surface area contributed by atoms with Gasteiger partial charge in [-0.1, -0.05) is 170 Å². The molecule has 0 radical (unpaired) electrons. The fraction of sp³-hybridized carbons (Fsp3) is 0.0303. The van der Waals surface area contributed by atoms with E-state index in [0.717, 1.165) is 144 Å². The quantitative estimate of drug-likeness (QED) is 0.152. The molecule has 0 unspecified atom stereocenters. The van der Waals surface area contributed by atoms with Crippen molar-refractivity contribution in [2.45, 2.75) is 13.8 Å². The first-order valence-electron chi connectivity index (χ1n) is 24.1. The lowest BCUT2D eigenvalue weighted by Crippen LogP contribution is -2.11. The number of fused-ring (bicyclic) bond motifs is 11. The minimum Gasteiger partial charge on any atom is -0.456 e. The van der Waals surface area contributed by atoms with Crippen LogP contribution in [0.4, 0.5) is 34.1 Å². The lowest BCUT2D eigenvalue weighted by Gasteiger charge is -2.27. The van der Waals surface area contributed by atoms with Crippen molar-refractivity contribution in [3.63, 3.8) is 0 Å². The van der Waals surface area contributed by atoms with Crippen LogP contribution in [0.3, 0.4) is 0 Å². The Kier molecular flexibility index (Phi) is 9.26. The highest BCUT2D eigenvalue weighted by molar-refractivity contribution is 6.24. The van der Waals surface area contributed by atoms with Gasteiger partial charge in [0.05, 0.1) is 17.1 Å². The monoisotopic (exact) mass is 912 g/mol. The summed E-state index contributed by atoms with van der Waals surface area (Å²) in [6.07, 6.45) is 0. The van der Waals surface area contributed by atoms with Gasteiger partial charge in [0, 0.05) is 72.0 Å². The highest BCUT2D eigenvalue weighted by Crippen LogP contribution is 2.50. The van der Waals surface area contributed by atoms with E-state index in [1.165, 1.54) is 0 Å². The van der Waals surface area contributed by atoms with Crippen LogP contribution in [0.15, 0.2) is 244 Å². The zero-order valence-corrected chi connectivity index (χ0v) is 39.1. The third-order valence-electron chi connectivity index (χ3n) is 14.1. The molecule has 0 fully saturated rings. The molecule has 0 aliphatic rings. The van der Waals surface area contributed by atoms with Crippen molar-refractivity contribution in [1.82, 2.24) is 0 Å². The first-order chi connectivity index (χ1) is 35.0. The van der Waals surface area contributed by atoms with E-state index in [4.69, 9.17) is 13.3 Å². The van der Waals surface area contributed by atoms with E-state index >= 15 is 0 Å². The average molecular weight is 913 g/mol. The summed E-state index contributed by atoms with van der Waals surface area (Å²) in [6.45, 7) is 4.28. The van der Waals surface area contributed by atoms with Gasteiger partial charge in [0.25, 0.3) is 0 Å². The Labute approximate surface area is 409 Å². The van der Waals surface area contributed by atoms with Gasteiger partial charge >= 0.3 is 0 Å². The Morgan fingerprint density at radius 2 is 0.746 bits per heavy atom. The second kappa shape index (κ2) is 16.2. The molecule has 5 nitrogen and oxygen atoms in total. The highest BCUT2D eigenvalue weighted by Gasteiger charge is 2.26. The van der Waals surface area contributed by atoms with Crippen molar-refractivity contribution in [3.05, 3.63) is 242 Å². The second-order valence-electron chi connectivity index (χ2n) is 18.6. The van der Waals surface area contributed by atoms with Gasteiger partial charge in [0.1, 0.15) is 22.3 Å². The Hall–Kier alpha value is -9.32. The van der Waals surface area contributed by atoms with Gasteiger partial charge in [0.15, 0.2) is 11.2 Å². The van der Waals surface area contributed by atoms with Gasteiger partial charge in [-0.25, -0.2) is 0 Å². The number of anilines is 6. The van der Waals surface area contributed by atoms with Gasteiger partial charge in [0.2, 0.25) is 0 Å². The zero-order chi connectivity index (χ0) is 47.2. The number of benzene rings is 11. The molecule has 0 aliphatic carbocycles. The SMILES string of the molecule is Cc1cccc(N(c2ccc3oc4cc(N(c5cccc(C)c5)c5cccc6c5oc5c(-c7ccccc7)cccc56)c5ccccc5c4c3c2)c2cccc3c2oc2c(-c4ccccc4)cccc23)c1. The standard InChI is InChI=1S/C66H44N2O3/c1-41-17-11-23-45(37-41)67(57-33-15-31-54-52-29-13-27-48(63(52)70-65(54)57)43-19-5-3-6-20-43)47-35-36-60-56(39-47)62-51-26-10-9-25-50(51)59(40-61(62)69-60)68(46-24-12-18-42(2)38-46)58-34-16-32-55-53-30-14-28-49(64(53)71-66(55)58)44-21-7-4-8-22-44/h3-40H,1-2H3. The Balaban J connectivity index is 0.984. The average Bonchev–Trinajstić information content (AvgIpc) is 4.12. The number of nitrogens with zero attached hydrogens (tertiary/aromatic N) is 2. The normalized spacial score (nSPS) is 11.8. The van der Waals surface area contributed by atoms with Crippen LogP contribution in [0, 0.1) is 13.8 Å². The van der Waals surface area contributed by atoms with Crippen LogP contribution in [-0.4, -0.2) is 0 Å². The lowest BCUT2D eigenvalue weighted by atomic mass is 9.99. The summed E-state index contributed by atoms with van der Waals surface area (Å²) >= 11 is 0. The summed E-state index contributed by atoms with van der Waals surface area (Å²) in [5.74, 6) is 0. The smallest absolute Gasteiger partial charge is 0.159 e. The molecular formula is C66H44N2O3. The molecule has 3 aromatic heterocycles. The van der Waals surface area contributed by atoms with E-state index in [0.29, 0.717) is 0 Å². The summed E-state index contributed by atoms with van der Waals surface area (Å²) in [6, 6.07) is 81.6. The van der Waals surface area contributed by atoms with Crippen molar-refractivity contribution in [3.8, 4) is 22.3 Å². The summed E-state index contributed by atoms with van der Waals surface area (Å²) in [5, 5.41) is 8.54. The van der Waals surface area contributed by atoms with Crippen LogP contribution in [0.1, 0.15) is 11.1 Å². The number of aryl methyl sites for hydroxylation is 2. The summed E-state index contributed by atoms with van der Waals surface area (Å²) in [5.41, 5.74) is 17.6. The minimum absolute atomic E-state index is 0.793. The van der Waals surface area contributed by atoms with Crippen LogP contribution in [0.25, 0.3) is 98.8 Å².